The summed E-state index contributed by atoms with van der Waals surface area (Å²) in [6.07, 6.45) is 1.13. The first-order valence-electron chi connectivity index (χ1n) is 4.08. The van der Waals surface area contributed by atoms with Gasteiger partial charge in [0, 0.05) is 13.1 Å². The fourth-order valence-electron chi connectivity index (χ4n) is 1.46. The summed E-state index contributed by atoms with van der Waals surface area (Å²) in [5.74, 6) is 0.594. The van der Waals surface area contributed by atoms with Gasteiger partial charge in [-0.05, 0) is 18.8 Å². The summed E-state index contributed by atoms with van der Waals surface area (Å²) in [7, 11) is 0. The van der Waals surface area contributed by atoms with Crippen molar-refractivity contribution in [1.29, 1.82) is 0 Å². The number of hydrogen-bond donors (Lipinski definition) is 0. The quantitative estimate of drug-likeness (QED) is 0.537. The van der Waals surface area contributed by atoms with Crippen LogP contribution in [0.1, 0.15) is 26.7 Å². The van der Waals surface area contributed by atoms with E-state index in [0.717, 1.165) is 25.9 Å². The fraction of sp³-hybridized carbons (Fsp3) is 1.00. The van der Waals surface area contributed by atoms with Gasteiger partial charge < -0.3 is 0 Å². The molecule has 0 aliphatic carbocycles. The van der Waals surface area contributed by atoms with Crippen LogP contribution in [0.2, 0.25) is 0 Å². The first-order chi connectivity index (χ1) is 4.70. The lowest BCUT2D eigenvalue weighted by Gasteiger charge is -2.19. The van der Waals surface area contributed by atoms with Crippen molar-refractivity contribution >= 4 is 0 Å². The number of rotatable bonds is 2. The van der Waals surface area contributed by atoms with Crippen LogP contribution in [-0.4, -0.2) is 24.3 Å². The Hall–Kier alpha value is -0.110. The summed E-state index contributed by atoms with van der Waals surface area (Å²) in [5, 5.41) is 0. The van der Waals surface area contributed by atoms with Crippen molar-refractivity contribution in [2.45, 2.75) is 33.0 Å². The van der Waals surface area contributed by atoms with Gasteiger partial charge in [0.15, 0.2) is 6.30 Å². The van der Waals surface area contributed by atoms with Crippen LogP contribution in [0.25, 0.3) is 0 Å². The zero-order chi connectivity index (χ0) is 7.56. The third-order valence-electron chi connectivity index (χ3n) is 1.88. The summed E-state index contributed by atoms with van der Waals surface area (Å²) in [5.41, 5.74) is 0. The molecule has 0 amide bonds. The Kier molecular flexibility index (Phi) is 2.66. The Morgan fingerprint density at radius 3 is 2.70 bits per heavy atom. The van der Waals surface area contributed by atoms with Crippen LogP contribution in [0, 0.1) is 5.92 Å². The summed E-state index contributed by atoms with van der Waals surface area (Å²) in [4.78, 5) is 1.94. The smallest absolute Gasteiger partial charge is 0.153 e. The van der Waals surface area contributed by atoms with E-state index in [4.69, 9.17) is 0 Å². The van der Waals surface area contributed by atoms with E-state index < -0.39 is 6.30 Å². The molecule has 1 aliphatic rings. The largest absolute Gasteiger partial charge is 0.274 e. The summed E-state index contributed by atoms with van der Waals surface area (Å²) in [6, 6.07) is 0. The van der Waals surface area contributed by atoms with Crippen molar-refractivity contribution in [2.24, 2.45) is 5.92 Å². The maximum atomic E-state index is 12.9. The van der Waals surface area contributed by atoms with E-state index in [-0.39, 0.29) is 0 Å². The Balaban J connectivity index is 2.26. The van der Waals surface area contributed by atoms with Crippen LogP contribution < -0.4 is 0 Å². The van der Waals surface area contributed by atoms with Crippen LogP contribution in [-0.2, 0) is 0 Å². The molecule has 10 heavy (non-hydrogen) atoms. The Morgan fingerprint density at radius 1 is 1.60 bits per heavy atom. The molecule has 1 unspecified atom stereocenters. The number of halogens is 1. The van der Waals surface area contributed by atoms with Crippen molar-refractivity contribution < 1.29 is 4.39 Å². The second-order valence-electron chi connectivity index (χ2n) is 3.47. The second kappa shape index (κ2) is 3.33. The van der Waals surface area contributed by atoms with Gasteiger partial charge in [0.05, 0.1) is 0 Å². The summed E-state index contributed by atoms with van der Waals surface area (Å²) < 4.78 is 12.9. The molecule has 0 radical (unpaired) electrons. The average molecular weight is 145 g/mol. The zero-order valence-electron chi connectivity index (χ0n) is 6.81. The first-order valence-corrected chi connectivity index (χ1v) is 4.08. The van der Waals surface area contributed by atoms with Crippen molar-refractivity contribution in [3.63, 3.8) is 0 Å². The van der Waals surface area contributed by atoms with E-state index in [1.165, 1.54) is 0 Å². The minimum atomic E-state index is -0.651. The van der Waals surface area contributed by atoms with Crippen molar-refractivity contribution in [3.8, 4) is 0 Å². The molecule has 1 heterocycles. The fourth-order valence-corrected chi connectivity index (χ4v) is 1.46. The normalized spacial score (nSPS) is 28.2. The third-order valence-corrected chi connectivity index (χ3v) is 1.88. The molecule has 1 fully saturated rings. The predicted octanol–water partition coefficient (Wildman–Crippen LogP) is 2.03. The minimum Gasteiger partial charge on any atom is -0.274 e. The molecule has 0 aromatic heterocycles. The lowest BCUT2D eigenvalue weighted by Crippen LogP contribution is -2.29. The summed E-state index contributed by atoms with van der Waals surface area (Å²) in [6.45, 7) is 6.14. The molecule has 1 rings (SSSR count). The predicted molar refractivity (Wildman–Crippen MR) is 40.5 cm³/mol. The number of alkyl halides is 1. The monoisotopic (exact) mass is 145 g/mol. The van der Waals surface area contributed by atoms with E-state index in [0.29, 0.717) is 5.92 Å². The maximum absolute atomic E-state index is 12.9. The number of nitrogens with zero attached hydrogens (tertiary/aromatic N) is 1. The van der Waals surface area contributed by atoms with Gasteiger partial charge in [0.1, 0.15) is 0 Å². The van der Waals surface area contributed by atoms with Crippen LogP contribution in [0.4, 0.5) is 4.39 Å². The molecule has 60 valence electrons. The molecule has 0 aromatic carbocycles. The van der Waals surface area contributed by atoms with Gasteiger partial charge >= 0.3 is 0 Å². The van der Waals surface area contributed by atoms with E-state index >= 15 is 0 Å². The number of likely N-dealkylation sites (tertiary alicyclic amines) is 1. The molecule has 1 nitrogen and oxygen atoms in total. The molecule has 2 heteroatoms. The van der Waals surface area contributed by atoms with Crippen molar-refractivity contribution in [2.75, 3.05) is 13.1 Å². The topological polar surface area (TPSA) is 3.24 Å². The maximum Gasteiger partial charge on any atom is 0.153 e. The SMILES string of the molecule is CC(C)CN1CCCC1F. The highest BCUT2D eigenvalue weighted by atomic mass is 19.1. The first kappa shape index (κ1) is 7.99. The second-order valence-corrected chi connectivity index (χ2v) is 3.47. The highest BCUT2D eigenvalue weighted by Crippen LogP contribution is 2.18. The molecule has 0 spiro atoms. The van der Waals surface area contributed by atoms with E-state index in [1.54, 1.807) is 0 Å². The van der Waals surface area contributed by atoms with E-state index in [1.807, 2.05) is 4.90 Å². The lowest BCUT2D eigenvalue weighted by atomic mass is 10.2. The van der Waals surface area contributed by atoms with Gasteiger partial charge in [-0.2, -0.15) is 0 Å². The van der Waals surface area contributed by atoms with Crippen molar-refractivity contribution in [3.05, 3.63) is 0 Å². The molecule has 1 atom stereocenters. The summed E-state index contributed by atoms with van der Waals surface area (Å²) >= 11 is 0. The molecular weight excluding hydrogens is 129 g/mol. The Labute approximate surface area is 62.2 Å². The third kappa shape index (κ3) is 1.94. The zero-order valence-corrected chi connectivity index (χ0v) is 6.81. The van der Waals surface area contributed by atoms with Gasteiger partial charge in [-0.15, -0.1) is 0 Å². The molecular formula is C8H16FN. The average Bonchev–Trinajstić information content (AvgIpc) is 2.15. The van der Waals surface area contributed by atoms with Gasteiger partial charge in [-0.1, -0.05) is 13.8 Å². The molecule has 0 aromatic rings. The van der Waals surface area contributed by atoms with Gasteiger partial charge in [0.2, 0.25) is 0 Å². The lowest BCUT2D eigenvalue weighted by molar-refractivity contribution is 0.114. The molecule has 0 N–H and O–H groups in total. The van der Waals surface area contributed by atoms with Crippen LogP contribution in [0.5, 0.6) is 0 Å². The molecule has 0 saturated carbocycles. The van der Waals surface area contributed by atoms with Crippen molar-refractivity contribution in [1.82, 2.24) is 4.90 Å². The van der Waals surface area contributed by atoms with Crippen LogP contribution >= 0.6 is 0 Å². The van der Waals surface area contributed by atoms with E-state index in [9.17, 15) is 4.39 Å². The standard InChI is InChI=1S/C8H16FN/c1-7(2)6-10-5-3-4-8(10)9/h7-8H,3-6H2,1-2H3. The highest BCUT2D eigenvalue weighted by Gasteiger charge is 2.23. The van der Waals surface area contributed by atoms with Crippen LogP contribution in [0.3, 0.4) is 0 Å². The van der Waals surface area contributed by atoms with Gasteiger partial charge in [-0.3, -0.25) is 4.90 Å². The number of hydrogen-bond acceptors (Lipinski definition) is 1. The molecule has 1 aliphatic heterocycles. The molecule has 1 saturated heterocycles. The van der Waals surface area contributed by atoms with Gasteiger partial charge in [0.25, 0.3) is 0 Å². The minimum absolute atomic E-state index is 0.594. The van der Waals surface area contributed by atoms with Gasteiger partial charge in [-0.25, -0.2) is 4.39 Å². The Bertz CT molecular complexity index is 103. The van der Waals surface area contributed by atoms with E-state index in [2.05, 4.69) is 13.8 Å². The highest BCUT2D eigenvalue weighted by molar-refractivity contribution is 4.71. The Morgan fingerprint density at radius 2 is 2.30 bits per heavy atom. The van der Waals surface area contributed by atoms with Crippen LogP contribution in [0.15, 0.2) is 0 Å². The molecule has 0 bridgehead atoms.